The van der Waals surface area contributed by atoms with Crippen LogP contribution in [0.2, 0.25) is 0 Å². The van der Waals surface area contributed by atoms with Crippen LogP contribution in [0.1, 0.15) is 17.5 Å². The topological polar surface area (TPSA) is 114 Å². The highest BCUT2D eigenvalue weighted by atomic mass is 32.2. The summed E-state index contributed by atoms with van der Waals surface area (Å²) in [6.45, 7) is 7.75. The Labute approximate surface area is 235 Å². The molecule has 2 N–H and O–H groups in total. The number of carbonyl (C=O) groups excluding carboxylic acids is 2. The third-order valence-corrected chi connectivity index (χ3v) is 7.38. The first kappa shape index (κ1) is 30.0. The first-order valence-electron chi connectivity index (χ1n) is 12.5. The molecule has 0 spiro atoms. The highest BCUT2D eigenvalue weighted by Gasteiger charge is 2.28. The Balaban J connectivity index is 1.86. The number of hydrogen-bond donors (Lipinski definition) is 2. The quantitative estimate of drug-likeness (QED) is 0.233. The van der Waals surface area contributed by atoms with Crippen molar-refractivity contribution in [1.82, 2.24) is 10.0 Å². The SMILES string of the molecule is C=CCCOc1cccc(CC(NC(=O)NS(=O)(=O)c2ccccc2C=C)C(=O)N(C)c2ccc(OC)cc2)c1. The van der Waals surface area contributed by atoms with Gasteiger partial charge in [-0.1, -0.05) is 49.1 Å². The molecule has 0 fully saturated rings. The molecular formula is C30H33N3O6S. The van der Waals surface area contributed by atoms with E-state index in [4.69, 9.17) is 9.47 Å². The zero-order valence-corrected chi connectivity index (χ0v) is 23.3. The Morgan fingerprint density at radius 1 is 1.00 bits per heavy atom. The van der Waals surface area contributed by atoms with E-state index in [0.717, 1.165) is 0 Å². The van der Waals surface area contributed by atoms with Gasteiger partial charge in [0.15, 0.2) is 0 Å². The molecule has 0 bridgehead atoms. The van der Waals surface area contributed by atoms with Gasteiger partial charge >= 0.3 is 6.03 Å². The third kappa shape index (κ3) is 7.97. The maximum absolute atomic E-state index is 13.6. The third-order valence-electron chi connectivity index (χ3n) is 5.98. The highest BCUT2D eigenvalue weighted by Crippen LogP contribution is 2.21. The predicted molar refractivity (Wildman–Crippen MR) is 156 cm³/mol. The number of likely N-dealkylation sites (N-methyl/N-ethyl adjacent to an activating group) is 1. The van der Waals surface area contributed by atoms with E-state index in [1.165, 1.54) is 17.0 Å². The fraction of sp³-hybridized carbons (Fsp3) is 0.200. The average Bonchev–Trinajstić information content (AvgIpc) is 2.96. The van der Waals surface area contributed by atoms with Gasteiger partial charge in [0, 0.05) is 19.2 Å². The van der Waals surface area contributed by atoms with Gasteiger partial charge in [0.05, 0.1) is 18.6 Å². The smallest absolute Gasteiger partial charge is 0.329 e. The minimum absolute atomic E-state index is 0.0781. The molecule has 1 unspecified atom stereocenters. The number of rotatable bonds is 13. The van der Waals surface area contributed by atoms with Crippen molar-refractivity contribution >= 4 is 33.7 Å². The molecule has 3 rings (SSSR count). The fourth-order valence-corrected chi connectivity index (χ4v) is 5.02. The first-order chi connectivity index (χ1) is 19.2. The number of carbonyl (C=O) groups is 2. The minimum atomic E-state index is -4.25. The fourth-order valence-electron chi connectivity index (χ4n) is 3.88. The van der Waals surface area contributed by atoms with Crippen LogP contribution in [0.15, 0.2) is 96.9 Å². The highest BCUT2D eigenvalue weighted by molar-refractivity contribution is 7.90. The molecule has 210 valence electrons. The molecule has 0 aliphatic rings. The van der Waals surface area contributed by atoms with Gasteiger partial charge in [-0.2, -0.15) is 0 Å². The van der Waals surface area contributed by atoms with Crippen molar-refractivity contribution in [2.45, 2.75) is 23.8 Å². The van der Waals surface area contributed by atoms with Gasteiger partial charge in [-0.25, -0.2) is 17.9 Å². The van der Waals surface area contributed by atoms with Crippen molar-refractivity contribution in [1.29, 1.82) is 0 Å². The van der Waals surface area contributed by atoms with Gasteiger partial charge < -0.3 is 19.7 Å². The van der Waals surface area contributed by atoms with Crippen LogP contribution in [-0.4, -0.2) is 47.2 Å². The Morgan fingerprint density at radius 2 is 1.73 bits per heavy atom. The number of anilines is 1. The lowest BCUT2D eigenvalue weighted by molar-refractivity contribution is -0.120. The number of hydrogen-bond acceptors (Lipinski definition) is 6. The predicted octanol–water partition coefficient (Wildman–Crippen LogP) is 4.56. The van der Waals surface area contributed by atoms with E-state index >= 15 is 0 Å². The van der Waals surface area contributed by atoms with Crippen LogP contribution in [0, 0.1) is 0 Å². The van der Waals surface area contributed by atoms with Crippen LogP contribution in [0.3, 0.4) is 0 Å². The van der Waals surface area contributed by atoms with E-state index in [2.05, 4.69) is 18.5 Å². The Morgan fingerprint density at radius 3 is 2.40 bits per heavy atom. The van der Waals surface area contributed by atoms with Crippen LogP contribution in [0.5, 0.6) is 11.5 Å². The molecule has 10 heteroatoms. The Hall–Kier alpha value is -4.57. The molecule has 0 aliphatic carbocycles. The zero-order chi connectivity index (χ0) is 29.1. The van der Waals surface area contributed by atoms with Gasteiger partial charge in [-0.3, -0.25) is 4.79 Å². The van der Waals surface area contributed by atoms with Gasteiger partial charge in [0.25, 0.3) is 10.0 Å². The number of methoxy groups -OCH3 is 1. The summed E-state index contributed by atoms with van der Waals surface area (Å²) in [5.74, 6) is 0.765. The lowest BCUT2D eigenvalue weighted by atomic mass is 10.0. The molecule has 9 nitrogen and oxygen atoms in total. The average molecular weight is 564 g/mol. The second kappa shape index (κ2) is 14.0. The van der Waals surface area contributed by atoms with Gasteiger partial charge in [-0.05, 0) is 60.0 Å². The second-order valence-electron chi connectivity index (χ2n) is 8.75. The lowest BCUT2D eigenvalue weighted by Crippen LogP contribution is -2.52. The van der Waals surface area contributed by atoms with Crippen molar-refractivity contribution < 1.29 is 27.5 Å². The second-order valence-corrected chi connectivity index (χ2v) is 10.4. The largest absolute Gasteiger partial charge is 0.497 e. The summed E-state index contributed by atoms with van der Waals surface area (Å²) in [6, 6.07) is 18.0. The molecule has 0 radical (unpaired) electrons. The summed E-state index contributed by atoms with van der Waals surface area (Å²) in [5, 5.41) is 2.55. The zero-order valence-electron chi connectivity index (χ0n) is 22.5. The Kier molecular flexibility index (Phi) is 10.5. The van der Waals surface area contributed by atoms with Crippen molar-refractivity contribution in [2.75, 3.05) is 25.7 Å². The maximum atomic E-state index is 13.6. The van der Waals surface area contributed by atoms with E-state index in [-0.39, 0.29) is 11.3 Å². The van der Waals surface area contributed by atoms with Crippen molar-refractivity contribution in [3.05, 3.63) is 103 Å². The minimum Gasteiger partial charge on any atom is -0.497 e. The molecule has 0 heterocycles. The molecule has 0 saturated carbocycles. The number of sulfonamides is 1. The summed E-state index contributed by atoms with van der Waals surface area (Å²) in [4.78, 5) is 27.9. The van der Waals surface area contributed by atoms with E-state index < -0.39 is 28.0 Å². The molecule has 40 heavy (non-hydrogen) atoms. The van der Waals surface area contributed by atoms with Crippen molar-refractivity contribution in [2.24, 2.45) is 0 Å². The summed E-state index contributed by atoms with van der Waals surface area (Å²) in [5.41, 5.74) is 1.60. The summed E-state index contributed by atoms with van der Waals surface area (Å²) in [6.07, 6.45) is 3.88. The van der Waals surface area contributed by atoms with E-state index in [0.29, 0.717) is 41.3 Å². The van der Waals surface area contributed by atoms with E-state index in [1.807, 2.05) is 4.72 Å². The van der Waals surface area contributed by atoms with E-state index in [1.54, 1.807) is 87.0 Å². The van der Waals surface area contributed by atoms with Gasteiger partial charge in [0.2, 0.25) is 5.91 Å². The van der Waals surface area contributed by atoms with Crippen LogP contribution in [0.25, 0.3) is 6.08 Å². The van der Waals surface area contributed by atoms with Crippen LogP contribution < -0.4 is 24.4 Å². The molecule has 3 aromatic carbocycles. The number of benzene rings is 3. The summed E-state index contributed by atoms with van der Waals surface area (Å²) < 4.78 is 38.9. The molecule has 0 aliphatic heterocycles. The number of ether oxygens (including phenoxy) is 2. The van der Waals surface area contributed by atoms with Gasteiger partial charge in [0.1, 0.15) is 17.5 Å². The normalized spacial score (nSPS) is 11.6. The molecule has 0 aromatic heterocycles. The molecule has 3 aromatic rings. The first-order valence-corrected chi connectivity index (χ1v) is 14.0. The van der Waals surface area contributed by atoms with Crippen molar-refractivity contribution in [3.8, 4) is 11.5 Å². The molecule has 1 atom stereocenters. The summed E-state index contributed by atoms with van der Waals surface area (Å²) >= 11 is 0. The van der Waals surface area contributed by atoms with Crippen LogP contribution >= 0.6 is 0 Å². The lowest BCUT2D eigenvalue weighted by Gasteiger charge is -2.25. The van der Waals surface area contributed by atoms with Crippen LogP contribution in [-0.2, 0) is 21.2 Å². The molecule has 0 saturated heterocycles. The van der Waals surface area contributed by atoms with Gasteiger partial charge in [-0.15, -0.1) is 6.58 Å². The molecular weight excluding hydrogens is 530 g/mol. The van der Waals surface area contributed by atoms with Crippen molar-refractivity contribution in [3.63, 3.8) is 0 Å². The maximum Gasteiger partial charge on any atom is 0.329 e. The number of urea groups is 1. The monoisotopic (exact) mass is 563 g/mol. The number of nitrogens with zero attached hydrogens (tertiary/aromatic N) is 1. The van der Waals surface area contributed by atoms with E-state index in [9.17, 15) is 18.0 Å². The van der Waals surface area contributed by atoms with Crippen LogP contribution in [0.4, 0.5) is 10.5 Å². The number of nitrogens with one attached hydrogen (secondary N) is 2. The standard InChI is InChI=1S/C30H33N3O6S/c1-5-7-19-39-26-13-10-11-22(20-26)21-27(29(34)33(3)24-15-17-25(38-4)18-16-24)31-30(35)32-40(36,37)28-14-9-8-12-23(28)6-2/h5-6,8-18,20,27H,1-2,7,19,21H2,3-4H3,(H2,31,32,35). The number of amides is 3. The molecule has 3 amide bonds. The Bertz CT molecular complexity index is 1450. The summed E-state index contributed by atoms with van der Waals surface area (Å²) in [7, 11) is -1.13.